The van der Waals surface area contributed by atoms with E-state index in [1.54, 1.807) is 6.08 Å². The Labute approximate surface area is 183 Å². The van der Waals surface area contributed by atoms with E-state index < -0.39 is 45.9 Å². The molecule has 1 N–H and O–H groups in total. The normalized spacial score (nSPS) is 16.8. The summed E-state index contributed by atoms with van der Waals surface area (Å²) in [4.78, 5) is 24.4. The molecule has 1 atom stereocenters. The van der Waals surface area contributed by atoms with Crippen molar-refractivity contribution in [3.63, 3.8) is 0 Å². The molecule has 2 aromatic carbocycles. The van der Waals surface area contributed by atoms with Crippen LogP contribution in [-0.4, -0.2) is 26.8 Å². The number of carbonyl (C=O) groups excluding carboxylic acids is 1. The second-order valence-electron chi connectivity index (χ2n) is 7.40. The summed E-state index contributed by atoms with van der Waals surface area (Å²) >= 11 is 5.96. The lowest BCUT2D eigenvalue weighted by molar-refractivity contribution is -0.142. The number of benzene rings is 2. The molecule has 1 aromatic heterocycles. The van der Waals surface area contributed by atoms with Crippen LogP contribution >= 0.6 is 11.6 Å². The standard InChI is InChI=1S/C22H15ClF4N2O3/c23-14-4-1-3-13(22(25,26)27)17(14)20(30)29-16-6-2-5-15(24)18(16)19(28-29)11-7-9-12(10-8-11)21(31)32/h1-7,12H,8-10H2,(H,31,32). The van der Waals surface area contributed by atoms with E-state index in [9.17, 15) is 32.3 Å². The van der Waals surface area contributed by atoms with Gasteiger partial charge in [-0.15, -0.1) is 0 Å². The molecule has 0 amide bonds. The van der Waals surface area contributed by atoms with Crippen LogP contribution < -0.4 is 0 Å². The summed E-state index contributed by atoms with van der Waals surface area (Å²) in [6.45, 7) is 0. The summed E-state index contributed by atoms with van der Waals surface area (Å²) < 4.78 is 56.0. The highest BCUT2D eigenvalue weighted by Gasteiger charge is 2.37. The van der Waals surface area contributed by atoms with Gasteiger partial charge in [0.2, 0.25) is 0 Å². The van der Waals surface area contributed by atoms with Crippen LogP contribution in [-0.2, 0) is 11.0 Å². The Balaban J connectivity index is 1.89. The summed E-state index contributed by atoms with van der Waals surface area (Å²) in [7, 11) is 0. The van der Waals surface area contributed by atoms with Crippen molar-refractivity contribution in [1.29, 1.82) is 0 Å². The fourth-order valence-electron chi connectivity index (χ4n) is 3.86. The molecule has 166 valence electrons. The van der Waals surface area contributed by atoms with Crippen molar-refractivity contribution in [2.24, 2.45) is 5.92 Å². The van der Waals surface area contributed by atoms with Crippen LogP contribution in [0, 0.1) is 11.7 Å². The quantitative estimate of drug-likeness (QED) is 0.495. The number of hydrogen-bond donors (Lipinski definition) is 1. The van der Waals surface area contributed by atoms with Crippen molar-refractivity contribution in [2.45, 2.75) is 25.4 Å². The van der Waals surface area contributed by atoms with Gasteiger partial charge in [-0.1, -0.05) is 29.8 Å². The first-order valence-corrected chi connectivity index (χ1v) is 9.97. The number of carbonyl (C=O) groups is 2. The molecule has 0 fully saturated rings. The van der Waals surface area contributed by atoms with Crippen LogP contribution in [0.2, 0.25) is 5.02 Å². The van der Waals surface area contributed by atoms with E-state index in [2.05, 4.69) is 5.10 Å². The second kappa shape index (κ2) is 8.05. The Morgan fingerprint density at radius 3 is 2.50 bits per heavy atom. The zero-order valence-electron chi connectivity index (χ0n) is 16.3. The van der Waals surface area contributed by atoms with Crippen molar-refractivity contribution < 1.29 is 32.3 Å². The first-order valence-electron chi connectivity index (χ1n) is 9.59. The van der Waals surface area contributed by atoms with Gasteiger partial charge in [0.15, 0.2) is 0 Å². The lowest BCUT2D eigenvalue weighted by Gasteiger charge is -2.17. The van der Waals surface area contributed by atoms with Gasteiger partial charge in [0.1, 0.15) is 5.82 Å². The molecule has 5 nitrogen and oxygen atoms in total. The van der Waals surface area contributed by atoms with Crippen LogP contribution in [0.25, 0.3) is 16.5 Å². The number of carboxylic acid groups (broad SMARTS) is 1. The lowest BCUT2D eigenvalue weighted by Crippen LogP contribution is -2.20. The smallest absolute Gasteiger partial charge is 0.417 e. The van der Waals surface area contributed by atoms with E-state index in [4.69, 9.17) is 11.6 Å². The summed E-state index contributed by atoms with van der Waals surface area (Å²) in [6, 6.07) is 6.83. The van der Waals surface area contributed by atoms with Crippen molar-refractivity contribution >= 4 is 40.0 Å². The van der Waals surface area contributed by atoms with Crippen molar-refractivity contribution in [3.05, 3.63) is 70.1 Å². The molecular formula is C22H15ClF4N2O3. The van der Waals surface area contributed by atoms with Crippen LogP contribution in [0.5, 0.6) is 0 Å². The van der Waals surface area contributed by atoms with Gasteiger partial charge in [-0.05, 0) is 49.1 Å². The number of halogens is 5. The van der Waals surface area contributed by atoms with Crippen molar-refractivity contribution in [3.8, 4) is 0 Å². The Morgan fingerprint density at radius 2 is 1.88 bits per heavy atom. The third kappa shape index (κ3) is 3.77. The summed E-state index contributed by atoms with van der Waals surface area (Å²) in [5.74, 6) is -3.39. The third-order valence-corrected chi connectivity index (χ3v) is 5.76. The fraction of sp³-hybridized carbons (Fsp3) is 0.227. The SMILES string of the molecule is O=C(O)C1CC=C(c2nn(C(=O)c3c(Cl)cccc3C(F)(F)F)c3cccc(F)c23)CC1. The van der Waals surface area contributed by atoms with E-state index in [1.807, 2.05) is 0 Å². The molecule has 0 aliphatic heterocycles. The van der Waals surface area contributed by atoms with E-state index >= 15 is 0 Å². The van der Waals surface area contributed by atoms with Crippen molar-refractivity contribution in [2.75, 3.05) is 0 Å². The highest BCUT2D eigenvalue weighted by Crippen LogP contribution is 2.38. The van der Waals surface area contributed by atoms with Gasteiger partial charge in [0.25, 0.3) is 5.91 Å². The summed E-state index contributed by atoms with van der Waals surface area (Å²) in [5.41, 5.74) is -1.40. The zero-order valence-corrected chi connectivity index (χ0v) is 17.0. The Bertz CT molecular complexity index is 1280. The molecule has 3 aromatic rings. The molecule has 0 saturated carbocycles. The van der Waals surface area contributed by atoms with Gasteiger partial charge >= 0.3 is 12.1 Å². The molecule has 1 heterocycles. The molecule has 0 saturated heterocycles. The number of nitrogens with zero attached hydrogens (tertiary/aromatic N) is 2. The molecule has 32 heavy (non-hydrogen) atoms. The number of hydrogen-bond acceptors (Lipinski definition) is 3. The predicted octanol–water partition coefficient (Wildman–Crippen LogP) is 5.80. The Kier molecular flexibility index (Phi) is 5.54. The average molecular weight is 467 g/mol. The maximum absolute atomic E-state index is 14.7. The molecule has 1 aliphatic carbocycles. The summed E-state index contributed by atoms with van der Waals surface area (Å²) in [6.07, 6.45) is -2.47. The minimum Gasteiger partial charge on any atom is -0.481 e. The van der Waals surface area contributed by atoms with Gasteiger partial charge < -0.3 is 5.11 Å². The zero-order chi connectivity index (χ0) is 23.2. The van der Waals surface area contributed by atoms with Crippen LogP contribution in [0.1, 0.15) is 40.9 Å². The Hall–Kier alpha value is -3.20. The van der Waals surface area contributed by atoms with Crippen LogP contribution in [0.3, 0.4) is 0 Å². The maximum atomic E-state index is 14.7. The number of aromatic nitrogens is 2. The predicted molar refractivity (Wildman–Crippen MR) is 109 cm³/mol. The second-order valence-corrected chi connectivity index (χ2v) is 7.81. The van der Waals surface area contributed by atoms with E-state index in [1.165, 1.54) is 12.1 Å². The van der Waals surface area contributed by atoms with Gasteiger partial charge in [-0.2, -0.15) is 23.0 Å². The molecule has 4 rings (SSSR count). The van der Waals surface area contributed by atoms with Crippen LogP contribution in [0.4, 0.5) is 17.6 Å². The molecular weight excluding hydrogens is 452 g/mol. The molecule has 1 unspecified atom stereocenters. The lowest BCUT2D eigenvalue weighted by atomic mass is 9.88. The van der Waals surface area contributed by atoms with Crippen LogP contribution in [0.15, 0.2) is 42.5 Å². The van der Waals surface area contributed by atoms with Crippen molar-refractivity contribution in [1.82, 2.24) is 9.78 Å². The highest BCUT2D eigenvalue weighted by atomic mass is 35.5. The van der Waals surface area contributed by atoms with E-state index in [0.717, 1.165) is 24.3 Å². The molecule has 0 spiro atoms. The van der Waals surface area contributed by atoms with E-state index in [-0.39, 0.29) is 29.4 Å². The molecule has 1 aliphatic rings. The topological polar surface area (TPSA) is 72.2 Å². The molecule has 0 radical (unpaired) electrons. The number of alkyl halides is 3. The van der Waals surface area contributed by atoms with Gasteiger partial charge in [-0.3, -0.25) is 9.59 Å². The minimum absolute atomic E-state index is 0.0145. The number of fused-ring (bicyclic) bond motifs is 1. The van der Waals surface area contributed by atoms with E-state index in [0.29, 0.717) is 16.7 Å². The third-order valence-electron chi connectivity index (χ3n) is 5.45. The number of allylic oxidation sites excluding steroid dienone is 2. The molecule has 0 bridgehead atoms. The Morgan fingerprint density at radius 1 is 1.16 bits per heavy atom. The largest absolute Gasteiger partial charge is 0.481 e. The highest BCUT2D eigenvalue weighted by molar-refractivity contribution is 6.34. The monoisotopic (exact) mass is 466 g/mol. The first-order chi connectivity index (χ1) is 15.1. The number of aliphatic carboxylic acids is 1. The van der Waals surface area contributed by atoms with Gasteiger partial charge in [-0.25, -0.2) is 4.39 Å². The molecule has 10 heteroatoms. The van der Waals surface area contributed by atoms with Gasteiger partial charge in [0, 0.05) is 0 Å². The first kappa shape index (κ1) is 22.0. The summed E-state index contributed by atoms with van der Waals surface area (Å²) in [5, 5.41) is 12.9. The number of carboxylic acids is 1. The minimum atomic E-state index is -4.84. The fourth-order valence-corrected chi connectivity index (χ4v) is 4.12. The number of rotatable bonds is 3. The average Bonchev–Trinajstić information content (AvgIpc) is 3.13. The van der Waals surface area contributed by atoms with Gasteiger partial charge in [0.05, 0.1) is 38.7 Å². The maximum Gasteiger partial charge on any atom is 0.417 e.